The minimum atomic E-state index is -0.537. The molecule has 1 heterocycles. The molecule has 15 heavy (non-hydrogen) atoms. The third kappa shape index (κ3) is 1.45. The molecule has 1 aromatic carbocycles. The van der Waals surface area contributed by atoms with E-state index >= 15 is 0 Å². The maximum atomic E-state index is 11.2. The van der Waals surface area contributed by atoms with Crippen LogP contribution in [0.1, 0.15) is 0 Å². The predicted molar refractivity (Wildman–Crippen MR) is 56.2 cm³/mol. The molecule has 0 amide bonds. The first kappa shape index (κ1) is 9.32. The summed E-state index contributed by atoms with van der Waals surface area (Å²) in [4.78, 5) is 30.0. The van der Waals surface area contributed by atoms with E-state index in [1.165, 1.54) is 18.6 Å². The summed E-state index contributed by atoms with van der Waals surface area (Å²) in [6, 6.07) is 0. The number of aromatic nitrogens is 2. The van der Waals surface area contributed by atoms with Crippen molar-refractivity contribution in [2.24, 2.45) is 0 Å². The second-order valence-electron chi connectivity index (χ2n) is 2.87. The normalized spacial score (nSPS) is 10.2. The molecular weight excluding hydrogens is 196 g/mol. The van der Waals surface area contributed by atoms with Crippen molar-refractivity contribution in [3.05, 3.63) is 39.0 Å². The van der Waals surface area contributed by atoms with Gasteiger partial charge in [0, 0.05) is 19.4 Å². The molecule has 2 aromatic rings. The summed E-state index contributed by atoms with van der Waals surface area (Å²) in [6.45, 7) is 0. The van der Waals surface area contributed by atoms with Crippen LogP contribution < -0.4 is 21.5 Å². The van der Waals surface area contributed by atoms with E-state index in [1.54, 1.807) is 7.05 Å². The SMILES string of the molecule is CNc1c(Nc2cnccn2)c(=O)c1=O. The molecular formula is C9H8N4O2. The Morgan fingerprint density at radius 2 is 1.87 bits per heavy atom. The highest BCUT2D eigenvalue weighted by Crippen LogP contribution is 2.17. The lowest BCUT2D eigenvalue weighted by Gasteiger charge is -2.10. The van der Waals surface area contributed by atoms with E-state index in [0.717, 1.165) is 0 Å². The first-order chi connectivity index (χ1) is 7.24. The van der Waals surface area contributed by atoms with Gasteiger partial charge in [0.1, 0.15) is 17.2 Å². The average Bonchev–Trinajstić information content (AvgIpc) is 2.29. The van der Waals surface area contributed by atoms with E-state index < -0.39 is 10.9 Å². The third-order valence-corrected chi connectivity index (χ3v) is 1.98. The molecule has 0 saturated heterocycles. The monoisotopic (exact) mass is 204 g/mol. The van der Waals surface area contributed by atoms with Crippen LogP contribution in [-0.2, 0) is 0 Å². The zero-order chi connectivity index (χ0) is 10.8. The van der Waals surface area contributed by atoms with Crippen LogP contribution in [0.4, 0.5) is 17.2 Å². The van der Waals surface area contributed by atoms with E-state index in [-0.39, 0.29) is 11.4 Å². The minimum Gasteiger partial charge on any atom is -0.383 e. The van der Waals surface area contributed by atoms with Crippen LogP contribution in [0.5, 0.6) is 0 Å². The Morgan fingerprint density at radius 1 is 1.13 bits per heavy atom. The second-order valence-corrected chi connectivity index (χ2v) is 2.87. The minimum absolute atomic E-state index is 0.239. The van der Waals surface area contributed by atoms with Gasteiger partial charge < -0.3 is 10.6 Å². The highest BCUT2D eigenvalue weighted by Gasteiger charge is 2.19. The van der Waals surface area contributed by atoms with Gasteiger partial charge in [0.2, 0.25) is 0 Å². The van der Waals surface area contributed by atoms with Crippen molar-refractivity contribution in [2.75, 3.05) is 17.7 Å². The summed E-state index contributed by atoms with van der Waals surface area (Å²) < 4.78 is 0. The van der Waals surface area contributed by atoms with Crippen LogP contribution in [0.2, 0.25) is 0 Å². The number of anilines is 3. The van der Waals surface area contributed by atoms with E-state index in [1.807, 2.05) is 0 Å². The van der Waals surface area contributed by atoms with Crippen LogP contribution in [-0.4, -0.2) is 17.0 Å². The first-order valence-electron chi connectivity index (χ1n) is 4.28. The van der Waals surface area contributed by atoms with Gasteiger partial charge in [-0.25, -0.2) is 4.98 Å². The summed E-state index contributed by atoms with van der Waals surface area (Å²) in [6.07, 6.45) is 4.48. The Morgan fingerprint density at radius 3 is 2.47 bits per heavy atom. The van der Waals surface area contributed by atoms with Crippen molar-refractivity contribution in [3.8, 4) is 0 Å². The van der Waals surface area contributed by atoms with Crippen molar-refractivity contribution >= 4 is 17.2 Å². The average molecular weight is 204 g/mol. The Kier molecular flexibility index (Phi) is 2.17. The third-order valence-electron chi connectivity index (χ3n) is 1.98. The number of nitrogens with zero attached hydrogens (tertiary/aromatic N) is 2. The van der Waals surface area contributed by atoms with Crippen molar-refractivity contribution in [1.29, 1.82) is 0 Å². The van der Waals surface area contributed by atoms with Gasteiger partial charge in [-0.1, -0.05) is 0 Å². The largest absolute Gasteiger partial charge is 0.383 e. The zero-order valence-corrected chi connectivity index (χ0v) is 7.94. The summed E-state index contributed by atoms with van der Waals surface area (Å²) >= 11 is 0. The van der Waals surface area contributed by atoms with Crippen molar-refractivity contribution in [3.63, 3.8) is 0 Å². The summed E-state index contributed by atoms with van der Waals surface area (Å²) in [5.74, 6) is 0.432. The standard InChI is InChI=1S/C9H8N4O2/c1-10-6-7(9(15)8(6)14)13-5-4-11-2-3-12-5/h2-4,10H,1H3,(H,12,13). The smallest absolute Gasteiger partial charge is 0.253 e. The molecule has 0 bridgehead atoms. The Balaban J connectivity index is 2.30. The second kappa shape index (κ2) is 3.49. The Bertz CT molecular complexity index is 543. The molecule has 2 rings (SSSR count). The van der Waals surface area contributed by atoms with Gasteiger partial charge in [-0.05, 0) is 0 Å². The lowest BCUT2D eigenvalue weighted by atomic mass is 10.2. The topological polar surface area (TPSA) is 84.0 Å². The van der Waals surface area contributed by atoms with E-state index in [9.17, 15) is 9.59 Å². The number of hydrogen-bond acceptors (Lipinski definition) is 6. The van der Waals surface area contributed by atoms with Gasteiger partial charge in [0.05, 0.1) is 6.20 Å². The molecule has 6 heteroatoms. The molecule has 0 unspecified atom stereocenters. The van der Waals surface area contributed by atoms with Gasteiger partial charge in [-0.15, -0.1) is 0 Å². The molecule has 0 fully saturated rings. The molecule has 6 nitrogen and oxygen atoms in total. The Hall–Kier alpha value is -2.24. The van der Waals surface area contributed by atoms with Gasteiger partial charge in [-0.3, -0.25) is 14.6 Å². The van der Waals surface area contributed by atoms with E-state index in [4.69, 9.17) is 0 Å². The van der Waals surface area contributed by atoms with E-state index in [0.29, 0.717) is 5.82 Å². The van der Waals surface area contributed by atoms with Gasteiger partial charge in [0.25, 0.3) is 10.9 Å². The predicted octanol–water partition coefficient (Wildman–Crippen LogP) is -0.142. The fourth-order valence-corrected chi connectivity index (χ4v) is 1.24. The summed E-state index contributed by atoms with van der Waals surface area (Å²) in [7, 11) is 1.58. The van der Waals surface area contributed by atoms with Crippen LogP contribution in [0.15, 0.2) is 28.2 Å². The van der Waals surface area contributed by atoms with Crippen molar-refractivity contribution < 1.29 is 0 Å². The fourth-order valence-electron chi connectivity index (χ4n) is 1.24. The first-order valence-corrected chi connectivity index (χ1v) is 4.28. The zero-order valence-electron chi connectivity index (χ0n) is 7.94. The highest BCUT2D eigenvalue weighted by molar-refractivity contribution is 5.77. The molecule has 2 N–H and O–H groups in total. The maximum Gasteiger partial charge on any atom is 0.253 e. The van der Waals surface area contributed by atoms with Gasteiger partial charge >= 0.3 is 0 Å². The molecule has 0 aliphatic heterocycles. The van der Waals surface area contributed by atoms with Crippen LogP contribution >= 0.6 is 0 Å². The molecule has 0 aliphatic carbocycles. The number of nitrogens with one attached hydrogen (secondary N) is 2. The quantitative estimate of drug-likeness (QED) is 0.677. The lowest BCUT2D eigenvalue weighted by molar-refractivity contribution is 1.19. The van der Waals surface area contributed by atoms with Crippen LogP contribution in [0.3, 0.4) is 0 Å². The molecule has 0 radical (unpaired) electrons. The molecule has 0 saturated carbocycles. The van der Waals surface area contributed by atoms with Crippen molar-refractivity contribution in [2.45, 2.75) is 0 Å². The summed E-state index contributed by atoms with van der Waals surface area (Å²) in [5.41, 5.74) is -0.525. The molecule has 0 atom stereocenters. The molecule has 0 aliphatic rings. The van der Waals surface area contributed by atoms with E-state index in [2.05, 4.69) is 20.6 Å². The number of rotatable bonds is 3. The molecule has 1 aromatic heterocycles. The molecule has 0 spiro atoms. The lowest BCUT2D eigenvalue weighted by Crippen LogP contribution is -2.36. The molecule has 76 valence electrons. The Labute approximate surface area is 84.7 Å². The van der Waals surface area contributed by atoms with Gasteiger partial charge in [-0.2, -0.15) is 0 Å². The summed E-state index contributed by atoms with van der Waals surface area (Å²) in [5, 5.41) is 5.38. The maximum absolute atomic E-state index is 11.2. The van der Waals surface area contributed by atoms with Crippen molar-refractivity contribution in [1.82, 2.24) is 9.97 Å². The van der Waals surface area contributed by atoms with Crippen LogP contribution in [0, 0.1) is 0 Å². The van der Waals surface area contributed by atoms with Crippen LogP contribution in [0.25, 0.3) is 0 Å². The highest BCUT2D eigenvalue weighted by atomic mass is 16.2. The number of hydrogen-bond donors (Lipinski definition) is 2. The van der Waals surface area contributed by atoms with Gasteiger partial charge in [0.15, 0.2) is 0 Å². The fraction of sp³-hybridized carbons (Fsp3) is 0.111.